The normalized spacial score (nSPS) is 22.4. The third-order valence-corrected chi connectivity index (χ3v) is 21.2. The van der Waals surface area contributed by atoms with Crippen LogP contribution in [0.3, 0.4) is 0 Å². The molecule has 3 fully saturated rings. The molecule has 0 aliphatic carbocycles. The van der Waals surface area contributed by atoms with E-state index in [-0.39, 0.29) is 162 Å². The van der Waals surface area contributed by atoms with E-state index in [0.29, 0.717) is 19.6 Å². The van der Waals surface area contributed by atoms with Crippen LogP contribution in [0.2, 0.25) is 0 Å². The third kappa shape index (κ3) is 48.9. The summed E-state index contributed by atoms with van der Waals surface area (Å²) >= 11 is 0. The lowest BCUT2D eigenvalue weighted by Crippen LogP contribution is -2.66. The fraction of sp³-hybridized carbons (Fsp3) is 0.783. The summed E-state index contributed by atoms with van der Waals surface area (Å²) in [6, 6.07) is -4.22. The van der Waals surface area contributed by atoms with Crippen LogP contribution in [-0.2, 0) is 176 Å². The molecule has 3 rings (SSSR count). The van der Waals surface area contributed by atoms with Crippen molar-refractivity contribution in [2.75, 3.05) is 119 Å². The van der Waals surface area contributed by atoms with Crippen molar-refractivity contribution in [3.8, 4) is 6.07 Å². The largest absolute Gasteiger partial charge is 0.465 e. The molecule has 19 atom stereocenters. The van der Waals surface area contributed by atoms with Gasteiger partial charge >= 0.3 is 47.8 Å². The van der Waals surface area contributed by atoms with Gasteiger partial charge < -0.3 is 142 Å². The number of carbonyl (C=O) groups is 17. The van der Waals surface area contributed by atoms with Crippen molar-refractivity contribution >= 4 is 110 Å². The summed E-state index contributed by atoms with van der Waals surface area (Å²) in [6.45, 7) is 17.7. The first kappa shape index (κ1) is 118. The molecule has 0 bridgehead atoms. The maximum atomic E-state index is 14.2. The van der Waals surface area contributed by atoms with Crippen LogP contribution in [0.25, 0.3) is 0 Å². The zero-order valence-corrected chi connectivity index (χ0v) is 79.1. The van der Waals surface area contributed by atoms with Gasteiger partial charge in [-0.25, -0.2) is 4.67 Å². The highest BCUT2D eigenvalue weighted by molar-refractivity contribution is 7.44. The summed E-state index contributed by atoms with van der Waals surface area (Å²) in [7, 11) is -1.39. The lowest BCUT2D eigenvalue weighted by atomic mass is 9.96. The molecule has 3 heterocycles. The molecular weight excluding hydrogens is 1790 g/mol. The lowest BCUT2D eigenvalue weighted by molar-refractivity contribution is -0.279. The van der Waals surface area contributed by atoms with Crippen molar-refractivity contribution in [3.05, 3.63) is 0 Å². The minimum Gasteiger partial charge on any atom is -0.465 e. The van der Waals surface area contributed by atoms with E-state index < -0.39 is 228 Å². The van der Waals surface area contributed by atoms with Gasteiger partial charge in [0.15, 0.2) is 55.5 Å². The highest BCUT2D eigenvalue weighted by Crippen LogP contribution is 2.46. The minimum absolute atomic E-state index is 0.0567. The Kier molecular flexibility index (Phi) is 58.2. The molecule has 133 heavy (non-hydrogen) atoms. The molecule has 756 valence electrons. The Hall–Kier alpha value is -9.65. The second-order valence-electron chi connectivity index (χ2n) is 31.1. The van der Waals surface area contributed by atoms with Gasteiger partial charge in [0.2, 0.25) is 47.3 Å². The van der Waals surface area contributed by atoms with Gasteiger partial charge in [0.1, 0.15) is 68.5 Å². The standard InChI is InChI=1S/C83H136N11O38P/c1-48(2)94(49(3)4)133(123-34-21-28-84)122-33-19-17-16-18-29-85-66(107)22-20-23-68(109)92-62(80(112)88-32-37-115-40-43-119-83-72(91-52(7)98)78(129-60(15)106)75(126-57(12)103)65(132-83)46-121-54(9)100)25-27-69(110)93-61(79(111)87-31-36-114-39-42-118-82-71(90-51(6)97)77(128-59(14)105)74(125-56(11)102)64(131-82)45-120-53(8)99)24-26-67(108)86-30-35-113-38-41-117-81-70(89-50(5)96)76(127-58(13)104)73(124-55(10)101)63(130-81)44-116-47-95/h47-49,61-65,69-78,81-83,93,110H,16-27,29-46H2,1-15H3,(H,85,107)(H,86,108)(H,87,111)(H,88,112)(H,89,96)(H,90,97)(H,91,98)(H,92,109). The van der Waals surface area contributed by atoms with Gasteiger partial charge in [-0.2, -0.15) is 5.26 Å². The molecule has 8 amide bonds. The Labute approximate surface area is 773 Å². The molecule has 0 radical (unpaired) electrons. The highest BCUT2D eigenvalue weighted by Gasteiger charge is 2.55. The molecule has 0 aromatic rings. The minimum atomic E-state index is -1.64. The van der Waals surface area contributed by atoms with Gasteiger partial charge in [-0.05, 0) is 66.2 Å². The van der Waals surface area contributed by atoms with E-state index in [1.165, 1.54) is 0 Å². The number of hydrogen-bond donors (Lipinski definition) is 10. The first-order valence-corrected chi connectivity index (χ1v) is 45.0. The molecule has 19 unspecified atom stereocenters. The molecule has 0 saturated carbocycles. The highest BCUT2D eigenvalue weighted by atomic mass is 31.2. The van der Waals surface area contributed by atoms with E-state index in [0.717, 1.165) is 95.4 Å². The predicted octanol–water partition coefficient (Wildman–Crippen LogP) is -1.53. The SMILES string of the molecule is CC(=O)NC1C(OCCOCCNC(=O)CCC(NC(O)CCC(NC(=O)CCCC(=O)NCCCCCCOP(OCCC#N)N(C(C)C)C(C)C)C(=O)NCCOCCOC2OC(COC(C)=O)C(OC(C)=O)C(OC(C)=O)C2NC(C)=O)C(=O)NCCOCCOC2OC(COC(C)=O)C(OC(C)=O)C(OC(C)=O)C2NC(C)=O)OC(COC=O)C(OC(C)=O)C1OC(C)=O. The maximum absolute atomic E-state index is 14.2. The molecule has 3 aliphatic rings. The second-order valence-corrected chi connectivity index (χ2v) is 32.6. The average Bonchev–Trinajstić information content (AvgIpc) is 0.794. The molecule has 3 aliphatic heterocycles. The monoisotopic (exact) mass is 1930 g/mol. The van der Waals surface area contributed by atoms with Crippen LogP contribution in [-0.4, -0.2) is 352 Å². The van der Waals surface area contributed by atoms with E-state index in [2.05, 4.69) is 58.6 Å². The summed E-state index contributed by atoms with van der Waals surface area (Å²) in [6.07, 6.45) is -16.4. The smallest absolute Gasteiger partial charge is 0.303 e. The number of amides is 8. The molecular formula is C83H136N11O38P. The van der Waals surface area contributed by atoms with Crippen molar-refractivity contribution < 1.29 is 181 Å². The van der Waals surface area contributed by atoms with Crippen LogP contribution in [0.5, 0.6) is 0 Å². The summed E-state index contributed by atoms with van der Waals surface area (Å²) in [4.78, 5) is 215. The van der Waals surface area contributed by atoms with Crippen molar-refractivity contribution in [2.45, 2.75) is 303 Å². The molecule has 0 aromatic carbocycles. The Bertz CT molecular complexity index is 3690. The van der Waals surface area contributed by atoms with E-state index in [4.69, 9.17) is 99.6 Å². The quantitative estimate of drug-likeness (QED) is 0.00825. The number of aliphatic hydroxyl groups is 1. The zero-order chi connectivity index (χ0) is 99.1. The Morgan fingerprint density at radius 3 is 1.18 bits per heavy atom. The summed E-state index contributed by atoms with van der Waals surface area (Å²) < 4.78 is 115. The van der Waals surface area contributed by atoms with Crippen LogP contribution in [0.4, 0.5) is 0 Å². The van der Waals surface area contributed by atoms with Crippen molar-refractivity contribution in [3.63, 3.8) is 0 Å². The number of nitrogens with zero attached hydrogens (tertiary/aromatic N) is 2. The first-order chi connectivity index (χ1) is 63.2. The number of nitriles is 1. The number of aliphatic hydroxyl groups excluding tert-OH is 1. The van der Waals surface area contributed by atoms with E-state index in [1.807, 2.05) is 27.7 Å². The van der Waals surface area contributed by atoms with Gasteiger partial charge in [-0.1, -0.05) is 12.8 Å². The topological polar surface area (TPSA) is 630 Å². The number of esters is 8. The fourth-order valence-electron chi connectivity index (χ4n) is 13.8. The van der Waals surface area contributed by atoms with Crippen molar-refractivity contribution in [2.24, 2.45) is 0 Å². The molecule has 0 aromatic heterocycles. The Balaban J connectivity index is 1.84. The molecule has 10 N–H and O–H groups in total. The van der Waals surface area contributed by atoms with Gasteiger partial charge in [-0.15, -0.1) is 0 Å². The molecule has 50 heteroatoms. The molecule has 49 nitrogen and oxygen atoms in total. The van der Waals surface area contributed by atoms with Crippen LogP contribution >= 0.6 is 8.53 Å². The number of carbonyl (C=O) groups excluding carboxylic acids is 17. The third-order valence-electron chi connectivity index (χ3n) is 19.1. The van der Waals surface area contributed by atoms with Gasteiger partial charge in [0.05, 0.1) is 91.2 Å². The molecule has 0 spiro atoms. The number of unbranched alkanes of at least 4 members (excludes halogenated alkanes) is 3. The Morgan fingerprint density at radius 2 is 0.782 bits per heavy atom. The van der Waals surface area contributed by atoms with Crippen LogP contribution in [0, 0.1) is 11.3 Å². The number of hydrogen-bond acceptors (Lipinski definition) is 41. The number of nitrogens with one attached hydrogen (secondary N) is 9. The molecule has 3 saturated heterocycles. The summed E-state index contributed by atoms with van der Waals surface area (Å²) in [5.74, 6) is -11.4. The van der Waals surface area contributed by atoms with Gasteiger partial charge in [0.25, 0.3) is 15.0 Å². The lowest BCUT2D eigenvalue weighted by Gasteiger charge is -2.44. The van der Waals surface area contributed by atoms with Gasteiger partial charge in [-0.3, -0.25) is 86.8 Å². The number of ether oxygens (including phenoxy) is 18. The Morgan fingerprint density at radius 1 is 0.406 bits per heavy atom. The summed E-state index contributed by atoms with van der Waals surface area (Å²) in [5, 5.41) is 44.9. The number of rotatable bonds is 66. The first-order valence-electron chi connectivity index (χ1n) is 43.9. The maximum Gasteiger partial charge on any atom is 0.303 e. The van der Waals surface area contributed by atoms with Crippen molar-refractivity contribution in [1.82, 2.24) is 52.5 Å². The van der Waals surface area contributed by atoms with E-state index in [9.17, 15) is 86.6 Å². The predicted molar refractivity (Wildman–Crippen MR) is 457 cm³/mol. The fourth-order valence-corrected chi connectivity index (χ4v) is 15.4. The second kappa shape index (κ2) is 65.9. The average molecular weight is 1930 g/mol. The van der Waals surface area contributed by atoms with Crippen LogP contribution in [0.1, 0.15) is 181 Å². The van der Waals surface area contributed by atoms with E-state index >= 15 is 0 Å². The zero-order valence-electron chi connectivity index (χ0n) is 78.2. The van der Waals surface area contributed by atoms with Gasteiger partial charge in [0, 0.05) is 134 Å². The van der Waals surface area contributed by atoms with Crippen LogP contribution in [0.15, 0.2) is 0 Å². The van der Waals surface area contributed by atoms with E-state index in [1.54, 1.807) is 0 Å². The van der Waals surface area contributed by atoms with Crippen LogP contribution < -0.4 is 47.9 Å². The van der Waals surface area contributed by atoms with Crippen molar-refractivity contribution in [1.29, 1.82) is 5.26 Å². The summed E-state index contributed by atoms with van der Waals surface area (Å²) in [5.41, 5.74) is 0.